The predicted octanol–water partition coefficient (Wildman–Crippen LogP) is 3.02. The van der Waals surface area contributed by atoms with Gasteiger partial charge in [-0.2, -0.15) is 5.26 Å². The van der Waals surface area contributed by atoms with E-state index < -0.39 is 11.8 Å². The number of ether oxygens (including phenoxy) is 1. The van der Waals surface area contributed by atoms with Gasteiger partial charge in [0.1, 0.15) is 29.1 Å². The maximum absolute atomic E-state index is 13.5. The Balaban J connectivity index is 2.26. The van der Waals surface area contributed by atoms with Crippen molar-refractivity contribution in [2.24, 2.45) is 0 Å². The summed E-state index contributed by atoms with van der Waals surface area (Å²) >= 11 is 1.06. The fourth-order valence-electron chi connectivity index (χ4n) is 2.02. The van der Waals surface area contributed by atoms with Crippen molar-refractivity contribution in [2.45, 2.75) is 6.61 Å². The zero-order chi connectivity index (χ0) is 13.6. The molecule has 0 unspecified atom stereocenters. The highest BCUT2D eigenvalue weighted by atomic mass is 32.1. The predicted molar refractivity (Wildman–Crippen MR) is 65.7 cm³/mol. The smallest absolute Gasteiger partial charge is 0.345 e. The van der Waals surface area contributed by atoms with Crippen LogP contribution in [0.25, 0.3) is 10.4 Å². The van der Waals surface area contributed by atoms with E-state index >= 15 is 0 Å². The molecule has 0 bridgehead atoms. The van der Waals surface area contributed by atoms with Crippen LogP contribution in [-0.4, -0.2) is 11.1 Å². The number of aromatic carboxylic acids is 1. The molecule has 19 heavy (non-hydrogen) atoms. The molecule has 0 saturated carbocycles. The van der Waals surface area contributed by atoms with E-state index in [0.717, 1.165) is 17.4 Å². The van der Waals surface area contributed by atoms with Crippen LogP contribution in [0.5, 0.6) is 5.75 Å². The van der Waals surface area contributed by atoms with Crippen LogP contribution in [0.3, 0.4) is 0 Å². The molecule has 1 aliphatic rings. The summed E-state index contributed by atoms with van der Waals surface area (Å²) in [6, 6.07) is 5.76. The number of carbonyl (C=O) groups is 1. The molecule has 1 aromatic carbocycles. The number of carboxylic acids is 1. The monoisotopic (exact) mass is 275 g/mol. The van der Waals surface area contributed by atoms with Crippen molar-refractivity contribution in [2.75, 3.05) is 0 Å². The number of nitrogens with zero attached hydrogens (tertiary/aromatic N) is 1. The zero-order valence-corrected chi connectivity index (χ0v) is 10.3. The SMILES string of the molecule is N#Cc1cc(F)cc2c1OCc1cc(C(=O)O)sc1-2. The fraction of sp³-hybridized carbons (Fsp3) is 0.0769. The molecule has 1 aromatic heterocycles. The number of nitriles is 1. The van der Waals surface area contributed by atoms with Crippen LogP contribution in [0.15, 0.2) is 18.2 Å². The summed E-state index contributed by atoms with van der Waals surface area (Å²) in [6.45, 7) is 0.187. The number of halogens is 1. The van der Waals surface area contributed by atoms with Crippen molar-refractivity contribution in [3.63, 3.8) is 0 Å². The number of hydrogen-bond donors (Lipinski definition) is 1. The molecule has 0 atom stereocenters. The lowest BCUT2D eigenvalue weighted by atomic mass is 10.0. The fourth-order valence-corrected chi connectivity index (χ4v) is 3.04. The minimum absolute atomic E-state index is 0.117. The Morgan fingerprint density at radius 1 is 1.47 bits per heavy atom. The van der Waals surface area contributed by atoms with Crippen LogP contribution in [0.1, 0.15) is 20.8 Å². The highest BCUT2D eigenvalue weighted by Gasteiger charge is 2.25. The number of fused-ring (bicyclic) bond motifs is 3. The van der Waals surface area contributed by atoms with E-state index in [0.29, 0.717) is 21.8 Å². The van der Waals surface area contributed by atoms with Crippen molar-refractivity contribution in [3.05, 3.63) is 40.0 Å². The lowest BCUT2D eigenvalue weighted by molar-refractivity contribution is 0.0702. The van der Waals surface area contributed by atoms with E-state index in [1.165, 1.54) is 12.1 Å². The lowest BCUT2D eigenvalue weighted by Gasteiger charge is -2.18. The molecule has 0 aliphatic carbocycles. The van der Waals surface area contributed by atoms with Gasteiger partial charge < -0.3 is 9.84 Å². The van der Waals surface area contributed by atoms with Crippen molar-refractivity contribution in [1.82, 2.24) is 0 Å². The average molecular weight is 275 g/mol. The first kappa shape index (κ1) is 11.7. The van der Waals surface area contributed by atoms with Gasteiger partial charge in [-0.3, -0.25) is 0 Å². The van der Waals surface area contributed by atoms with E-state index in [-0.39, 0.29) is 17.0 Å². The molecule has 0 spiro atoms. The molecule has 1 aliphatic heterocycles. The van der Waals surface area contributed by atoms with E-state index in [2.05, 4.69) is 0 Å². The summed E-state index contributed by atoms with van der Waals surface area (Å²) in [5, 5.41) is 18.0. The summed E-state index contributed by atoms with van der Waals surface area (Å²) in [5.41, 5.74) is 1.26. The van der Waals surface area contributed by atoms with Gasteiger partial charge in [0.15, 0.2) is 0 Å². The molecule has 94 valence electrons. The Labute approximate surface area is 111 Å². The van der Waals surface area contributed by atoms with Crippen LogP contribution in [0.2, 0.25) is 0 Å². The van der Waals surface area contributed by atoms with Gasteiger partial charge in [-0.25, -0.2) is 9.18 Å². The molecular formula is C13H6FNO3S. The van der Waals surface area contributed by atoms with Gasteiger partial charge in [-0.15, -0.1) is 11.3 Å². The second kappa shape index (κ2) is 4.07. The van der Waals surface area contributed by atoms with Crippen LogP contribution >= 0.6 is 11.3 Å². The highest BCUT2D eigenvalue weighted by molar-refractivity contribution is 7.17. The molecule has 2 heterocycles. The molecule has 0 amide bonds. The molecular weight excluding hydrogens is 269 g/mol. The quantitative estimate of drug-likeness (QED) is 0.868. The molecule has 6 heteroatoms. The zero-order valence-electron chi connectivity index (χ0n) is 9.44. The topological polar surface area (TPSA) is 70.3 Å². The second-order valence-corrected chi connectivity index (χ2v) is 5.05. The standard InChI is InChI=1S/C13H6FNO3S/c14-8-1-6(4-15)11-9(3-8)12-7(5-18-11)2-10(19-12)13(16)17/h1-3H,5H2,(H,16,17). The van der Waals surface area contributed by atoms with Crippen LogP contribution in [0, 0.1) is 17.1 Å². The lowest BCUT2D eigenvalue weighted by Crippen LogP contribution is -2.05. The Bertz CT molecular complexity index is 745. The van der Waals surface area contributed by atoms with E-state index in [4.69, 9.17) is 15.1 Å². The first-order valence-electron chi connectivity index (χ1n) is 5.33. The Morgan fingerprint density at radius 2 is 2.26 bits per heavy atom. The summed E-state index contributed by atoms with van der Waals surface area (Å²) in [6.07, 6.45) is 0. The molecule has 3 rings (SSSR count). The maximum Gasteiger partial charge on any atom is 0.345 e. The minimum atomic E-state index is -1.03. The Hall–Kier alpha value is -2.39. The van der Waals surface area contributed by atoms with Crippen molar-refractivity contribution >= 4 is 17.3 Å². The number of rotatable bonds is 1. The number of benzene rings is 1. The van der Waals surface area contributed by atoms with Gasteiger partial charge in [0, 0.05) is 16.0 Å². The molecule has 1 N–H and O–H groups in total. The first-order chi connectivity index (χ1) is 9.10. The van der Waals surface area contributed by atoms with Crippen molar-refractivity contribution < 1.29 is 19.0 Å². The summed E-state index contributed by atoms with van der Waals surface area (Å²) in [4.78, 5) is 11.8. The highest BCUT2D eigenvalue weighted by Crippen LogP contribution is 2.44. The number of carboxylic acid groups (broad SMARTS) is 1. The normalized spacial score (nSPS) is 12.0. The van der Waals surface area contributed by atoms with Gasteiger partial charge in [0.05, 0.1) is 5.56 Å². The molecule has 4 nitrogen and oxygen atoms in total. The third-order valence-electron chi connectivity index (χ3n) is 2.81. The Kier molecular flexibility index (Phi) is 2.50. The second-order valence-electron chi connectivity index (χ2n) is 4.00. The first-order valence-corrected chi connectivity index (χ1v) is 6.14. The number of hydrogen-bond acceptors (Lipinski definition) is 4. The van der Waals surface area contributed by atoms with Gasteiger partial charge >= 0.3 is 5.97 Å². The Morgan fingerprint density at radius 3 is 2.95 bits per heavy atom. The molecule has 0 saturated heterocycles. The third kappa shape index (κ3) is 1.75. The average Bonchev–Trinajstić information content (AvgIpc) is 2.82. The van der Waals surface area contributed by atoms with Gasteiger partial charge in [0.25, 0.3) is 0 Å². The maximum atomic E-state index is 13.5. The summed E-state index contributed by atoms with van der Waals surface area (Å²) < 4.78 is 18.9. The van der Waals surface area contributed by atoms with Crippen molar-refractivity contribution in [1.29, 1.82) is 5.26 Å². The van der Waals surface area contributed by atoms with E-state index in [1.807, 2.05) is 6.07 Å². The van der Waals surface area contributed by atoms with Gasteiger partial charge in [-0.05, 0) is 18.2 Å². The summed E-state index contributed by atoms with van der Waals surface area (Å²) in [5.74, 6) is -1.26. The van der Waals surface area contributed by atoms with E-state index in [1.54, 1.807) is 0 Å². The van der Waals surface area contributed by atoms with Crippen LogP contribution in [-0.2, 0) is 6.61 Å². The largest absolute Gasteiger partial charge is 0.487 e. The molecule has 2 aromatic rings. The van der Waals surface area contributed by atoms with Crippen molar-refractivity contribution in [3.8, 4) is 22.3 Å². The van der Waals surface area contributed by atoms with Crippen LogP contribution < -0.4 is 4.74 Å². The third-order valence-corrected chi connectivity index (χ3v) is 4.01. The van der Waals surface area contributed by atoms with Crippen LogP contribution in [0.4, 0.5) is 4.39 Å². The number of thiophene rings is 1. The van der Waals surface area contributed by atoms with Gasteiger partial charge in [-0.1, -0.05) is 0 Å². The van der Waals surface area contributed by atoms with Gasteiger partial charge in [0.2, 0.25) is 0 Å². The molecule has 0 radical (unpaired) electrons. The summed E-state index contributed by atoms with van der Waals surface area (Å²) in [7, 11) is 0. The van der Waals surface area contributed by atoms with E-state index in [9.17, 15) is 9.18 Å². The minimum Gasteiger partial charge on any atom is -0.487 e. The molecule has 0 fully saturated rings.